The number of benzene rings is 1. The summed E-state index contributed by atoms with van der Waals surface area (Å²) in [5.41, 5.74) is -1.97. The van der Waals surface area contributed by atoms with Gasteiger partial charge in [0.05, 0.1) is 16.5 Å². The quantitative estimate of drug-likeness (QED) is 0.814. The zero-order valence-corrected chi connectivity index (χ0v) is 8.58. The van der Waals surface area contributed by atoms with Crippen LogP contribution in [0.1, 0.15) is 16.2 Å². The number of carboxylic acids is 1. The highest BCUT2D eigenvalue weighted by Crippen LogP contribution is 2.26. The van der Waals surface area contributed by atoms with Gasteiger partial charge < -0.3 is 10.1 Å². The number of hydrogen-bond acceptors (Lipinski definition) is 3. The van der Waals surface area contributed by atoms with E-state index in [0.29, 0.717) is 0 Å². The lowest BCUT2D eigenvalue weighted by Gasteiger charge is -2.07. The highest BCUT2D eigenvalue weighted by Gasteiger charge is 2.34. The number of aromatic nitrogens is 2. The zero-order chi connectivity index (χ0) is 13.5. The number of carboxylic acid groups (broad SMARTS) is 1. The van der Waals surface area contributed by atoms with E-state index in [2.05, 4.69) is 4.98 Å². The number of carbonyl (C=O) groups is 1. The molecule has 94 valence electrons. The van der Waals surface area contributed by atoms with Crippen molar-refractivity contribution < 1.29 is 23.1 Å². The predicted molar refractivity (Wildman–Crippen MR) is 54.3 cm³/mol. The fourth-order valence-corrected chi connectivity index (χ4v) is 1.47. The van der Waals surface area contributed by atoms with E-state index < -0.39 is 34.6 Å². The fourth-order valence-electron chi connectivity index (χ4n) is 1.47. The third-order valence-corrected chi connectivity index (χ3v) is 2.24. The number of fused-ring (bicyclic) bond motifs is 1. The number of para-hydroxylation sites is 1. The van der Waals surface area contributed by atoms with Gasteiger partial charge in [0.25, 0.3) is 5.56 Å². The van der Waals surface area contributed by atoms with Crippen LogP contribution >= 0.6 is 0 Å². The van der Waals surface area contributed by atoms with Crippen LogP contribution in [0.15, 0.2) is 23.0 Å². The van der Waals surface area contributed by atoms with Crippen molar-refractivity contribution in [2.75, 3.05) is 0 Å². The normalized spacial score (nSPS) is 11.7. The van der Waals surface area contributed by atoms with Crippen molar-refractivity contribution in [3.63, 3.8) is 0 Å². The summed E-state index contributed by atoms with van der Waals surface area (Å²) < 4.78 is 37.3. The zero-order valence-electron chi connectivity index (χ0n) is 8.58. The number of aromatic amines is 1. The third kappa shape index (κ3) is 1.92. The van der Waals surface area contributed by atoms with Crippen LogP contribution in [0.2, 0.25) is 0 Å². The molecule has 0 saturated carbocycles. The van der Waals surface area contributed by atoms with E-state index in [1.807, 2.05) is 0 Å². The molecule has 2 N–H and O–H groups in total. The number of nitrogens with zero attached hydrogens (tertiary/aromatic N) is 1. The predicted octanol–water partition coefficient (Wildman–Crippen LogP) is 1.64. The molecule has 18 heavy (non-hydrogen) atoms. The first-order valence-electron chi connectivity index (χ1n) is 4.64. The maximum absolute atomic E-state index is 12.4. The summed E-state index contributed by atoms with van der Waals surface area (Å²) in [6.45, 7) is 0. The van der Waals surface area contributed by atoms with E-state index in [1.54, 1.807) is 4.98 Å². The van der Waals surface area contributed by atoms with Crippen LogP contribution in [-0.2, 0) is 6.18 Å². The monoisotopic (exact) mass is 258 g/mol. The number of H-pyrrole nitrogens is 1. The van der Waals surface area contributed by atoms with Gasteiger partial charge in [-0.25, -0.2) is 9.78 Å². The van der Waals surface area contributed by atoms with E-state index in [-0.39, 0.29) is 5.39 Å². The first-order valence-corrected chi connectivity index (χ1v) is 4.64. The molecule has 0 amide bonds. The van der Waals surface area contributed by atoms with E-state index in [4.69, 9.17) is 5.11 Å². The summed E-state index contributed by atoms with van der Waals surface area (Å²) in [5, 5.41) is 8.63. The third-order valence-electron chi connectivity index (χ3n) is 2.24. The molecule has 1 heterocycles. The topological polar surface area (TPSA) is 83.0 Å². The Morgan fingerprint density at radius 2 is 2.00 bits per heavy atom. The van der Waals surface area contributed by atoms with Gasteiger partial charge >= 0.3 is 12.1 Å². The number of rotatable bonds is 1. The minimum atomic E-state index is -4.85. The highest BCUT2D eigenvalue weighted by molar-refractivity contribution is 6.01. The molecule has 0 bridgehead atoms. The lowest BCUT2D eigenvalue weighted by atomic mass is 10.1. The van der Waals surface area contributed by atoms with Gasteiger partial charge in [-0.15, -0.1) is 0 Å². The minimum Gasteiger partial charge on any atom is -0.478 e. The van der Waals surface area contributed by atoms with Crippen LogP contribution in [0.4, 0.5) is 13.2 Å². The average molecular weight is 258 g/mol. The molecule has 2 aromatic rings. The van der Waals surface area contributed by atoms with Gasteiger partial charge in [0.1, 0.15) is 0 Å². The maximum Gasteiger partial charge on any atom is 0.449 e. The minimum absolute atomic E-state index is 0.206. The lowest BCUT2D eigenvalue weighted by molar-refractivity contribution is -0.144. The molecule has 0 aliphatic rings. The van der Waals surface area contributed by atoms with E-state index >= 15 is 0 Å². The first kappa shape index (κ1) is 12.1. The Labute approximate surface area is 96.9 Å². The summed E-state index contributed by atoms with van der Waals surface area (Å²) in [6.07, 6.45) is -4.85. The Balaban J connectivity index is 2.89. The lowest BCUT2D eigenvalue weighted by Crippen LogP contribution is -2.20. The van der Waals surface area contributed by atoms with Gasteiger partial charge in [-0.3, -0.25) is 4.79 Å². The molecule has 1 aromatic heterocycles. The molecule has 0 aliphatic heterocycles. The Hall–Kier alpha value is -2.38. The van der Waals surface area contributed by atoms with Crippen LogP contribution < -0.4 is 5.56 Å². The number of aromatic carboxylic acids is 1. The van der Waals surface area contributed by atoms with Gasteiger partial charge in [0, 0.05) is 0 Å². The SMILES string of the molecule is O=C(O)c1cccc2c(=O)[nH]c(C(F)(F)F)nc12. The Bertz CT molecular complexity index is 691. The van der Waals surface area contributed by atoms with Crippen molar-refractivity contribution in [1.29, 1.82) is 0 Å². The molecule has 5 nitrogen and oxygen atoms in total. The fraction of sp³-hybridized carbons (Fsp3) is 0.100. The molecule has 0 aliphatic carbocycles. The number of nitrogens with one attached hydrogen (secondary N) is 1. The molecule has 8 heteroatoms. The van der Waals surface area contributed by atoms with E-state index in [9.17, 15) is 22.8 Å². The second kappa shape index (κ2) is 3.83. The van der Waals surface area contributed by atoms with Crippen LogP contribution in [0.3, 0.4) is 0 Å². The second-order valence-electron chi connectivity index (χ2n) is 3.42. The summed E-state index contributed by atoms with van der Waals surface area (Å²) in [7, 11) is 0. The largest absolute Gasteiger partial charge is 0.478 e. The Morgan fingerprint density at radius 3 is 2.56 bits per heavy atom. The van der Waals surface area contributed by atoms with Crippen LogP contribution in [0.25, 0.3) is 10.9 Å². The Morgan fingerprint density at radius 1 is 1.33 bits per heavy atom. The smallest absolute Gasteiger partial charge is 0.449 e. The molecule has 0 spiro atoms. The van der Waals surface area contributed by atoms with Gasteiger partial charge in [0.15, 0.2) is 0 Å². The highest BCUT2D eigenvalue weighted by atomic mass is 19.4. The molecule has 0 saturated heterocycles. The maximum atomic E-state index is 12.4. The van der Waals surface area contributed by atoms with Crippen LogP contribution in [0, 0.1) is 0 Å². The molecular weight excluding hydrogens is 253 g/mol. The van der Waals surface area contributed by atoms with E-state index in [1.165, 1.54) is 12.1 Å². The molecule has 0 unspecified atom stereocenters. The van der Waals surface area contributed by atoms with Gasteiger partial charge in [-0.05, 0) is 12.1 Å². The molecule has 0 fully saturated rings. The molecule has 0 radical (unpaired) electrons. The number of hydrogen-bond donors (Lipinski definition) is 2. The van der Waals surface area contributed by atoms with Crippen molar-refractivity contribution in [3.8, 4) is 0 Å². The van der Waals surface area contributed by atoms with E-state index in [0.717, 1.165) is 6.07 Å². The van der Waals surface area contributed by atoms with Crippen molar-refractivity contribution in [3.05, 3.63) is 39.9 Å². The van der Waals surface area contributed by atoms with Crippen molar-refractivity contribution in [2.24, 2.45) is 0 Å². The van der Waals surface area contributed by atoms with Crippen molar-refractivity contribution in [1.82, 2.24) is 9.97 Å². The van der Waals surface area contributed by atoms with Gasteiger partial charge in [-0.1, -0.05) is 6.07 Å². The van der Waals surface area contributed by atoms with Crippen molar-refractivity contribution in [2.45, 2.75) is 6.18 Å². The summed E-state index contributed by atoms with van der Waals surface area (Å²) >= 11 is 0. The standard InChI is InChI=1S/C10H5F3N2O3/c11-10(12,13)9-14-6-4(7(16)15-9)2-1-3-5(6)8(17)18/h1-3H,(H,17,18)(H,14,15,16). The van der Waals surface area contributed by atoms with Crippen molar-refractivity contribution >= 4 is 16.9 Å². The van der Waals surface area contributed by atoms with Gasteiger partial charge in [-0.2, -0.15) is 13.2 Å². The molecule has 0 atom stereocenters. The number of alkyl halides is 3. The van der Waals surface area contributed by atoms with Gasteiger partial charge in [0.2, 0.25) is 5.82 Å². The first-order chi connectivity index (χ1) is 8.30. The molecule has 2 rings (SSSR count). The summed E-state index contributed by atoms with van der Waals surface area (Å²) in [4.78, 5) is 27.0. The number of halogens is 3. The summed E-state index contributed by atoms with van der Waals surface area (Å²) in [5.74, 6) is -2.97. The average Bonchev–Trinajstić information content (AvgIpc) is 2.26. The van der Waals surface area contributed by atoms with Crippen LogP contribution in [0.5, 0.6) is 0 Å². The molecule has 1 aromatic carbocycles. The molecular formula is C10H5F3N2O3. The second-order valence-corrected chi connectivity index (χ2v) is 3.42. The summed E-state index contributed by atoms with van der Waals surface area (Å²) in [6, 6.07) is 3.54. The van der Waals surface area contributed by atoms with Crippen LogP contribution in [-0.4, -0.2) is 21.0 Å². The Kier molecular flexibility index (Phi) is 2.57.